The first kappa shape index (κ1) is 12.7. The average Bonchev–Trinajstić information content (AvgIpc) is 3.04. The number of hydrogen-bond acceptors (Lipinski definition) is 6. The Morgan fingerprint density at radius 3 is 2.85 bits per heavy atom. The molecule has 0 amide bonds. The summed E-state index contributed by atoms with van der Waals surface area (Å²) < 4.78 is 1.07. The first-order valence-electron chi connectivity index (χ1n) is 6.59. The zero-order valence-corrected chi connectivity index (χ0v) is 13.7. The summed E-state index contributed by atoms with van der Waals surface area (Å²) in [5.74, 6) is 0.855. The van der Waals surface area contributed by atoms with Gasteiger partial charge in [-0.15, -0.1) is 22.7 Å². The second-order valence-electron chi connectivity index (χ2n) is 4.97. The van der Waals surface area contributed by atoms with E-state index in [1.165, 1.54) is 35.1 Å². The largest absolute Gasteiger partial charge is 0.235 e. The molecule has 20 heavy (non-hydrogen) atoms. The fraction of sp³-hybridized carbons (Fsp3) is 0.357. The van der Waals surface area contributed by atoms with Crippen molar-refractivity contribution < 1.29 is 0 Å². The van der Waals surface area contributed by atoms with Gasteiger partial charge >= 0.3 is 0 Å². The molecular weight excluding hydrogens is 306 g/mol. The molecule has 0 atom stereocenters. The highest BCUT2D eigenvalue weighted by Crippen LogP contribution is 2.42. The molecule has 0 bridgehead atoms. The van der Waals surface area contributed by atoms with Gasteiger partial charge in [0.15, 0.2) is 4.34 Å². The second kappa shape index (κ2) is 4.79. The minimum atomic E-state index is 0.855. The third-order valence-electron chi connectivity index (χ3n) is 3.43. The zero-order chi connectivity index (χ0) is 13.7. The highest BCUT2D eigenvalue weighted by atomic mass is 32.2. The molecule has 3 aromatic rings. The third kappa shape index (κ3) is 2.06. The molecule has 0 fully saturated rings. The lowest BCUT2D eigenvalue weighted by Gasteiger charge is -2.03. The molecule has 0 saturated carbocycles. The maximum Gasteiger partial charge on any atom is 0.156 e. The van der Waals surface area contributed by atoms with Crippen molar-refractivity contribution in [3.8, 4) is 0 Å². The second-order valence-corrected chi connectivity index (χ2v) is 8.15. The normalized spacial score (nSPS) is 14.1. The molecule has 0 N–H and O–H groups in total. The van der Waals surface area contributed by atoms with Gasteiger partial charge in [0.1, 0.15) is 15.7 Å². The minimum absolute atomic E-state index is 0.855. The van der Waals surface area contributed by atoms with Crippen LogP contribution in [-0.4, -0.2) is 15.0 Å². The third-order valence-corrected chi connectivity index (χ3v) is 6.66. The summed E-state index contributed by atoms with van der Waals surface area (Å²) >= 11 is 5.22. The van der Waals surface area contributed by atoms with E-state index in [-0.39, 0.29) is 0 Å². The molecule has 0 unspecified atom stereocenters. The Morgan fingerprint density at radius 2 is 2.05 bits per heavy atom. The topological polar surface area (TPSA) is 38.7 Å². The molecule has 6 heteroatoms. The Kier molecular flexibility index (Phi) is 3.05. The Hall–Kier alpha value is -0.980. The first-order chi connectivity index (χ1) is 9.70. The van der Waals surface area contributed by atoms with Crippen LogP contribution in [0.15, 0.2) is 14.7 Å². The van der Waals surface area contributed by atoms with Crippen molar-refractivity contribution in [1.82, 2.24) is 15.0 Å². The fourth-order valence-electron chi connectivity index (χ4n) is 2.60. The molecule has 3 heterocycles. The molecule has 3 nitrogen and oxygen atoms in total. The van der Waals surface area contributed by atoms with E-state index in [0.717, 1.165) is 25.7 Å². The number of fused-ring (bicyclic) bond motifs is 3. The van der Waals surface area contributed by atoms with Gasteiger partial charge in [-0.05, 0) is 50.4 Å². The van der Waals surface area contributed by atoms with Gasteiger partial charge < -0.3 is 0 Å². The van der Waals surface area contributed by atoms with Gasteiger partial charge in [0, 0.05) is 21.3 Å². The maximum absolute atomic E-state index is 4.68. The first-order valence-corrected chi connectivity index (χ1v) is 9.11. The van der Waals surface area contributed by atoms with Gasteiger partial charge in [-0.3, -0.25) is 0 Å². The smallest absolute Gasteiger partial charge is 0.156 e. The van der Waals surface area contributed by atoms with Gasteiger partial charge in [0.25, 0.3) is 0 Å². The number of thiophene rings is 1. The molecular formula is C14H13N3S3. The molecule has 4 rings (SSSR count). The molecule has 0 aliphatic heterocycles. The van der Waals surface area contributed by atoms with Crippen molar-refractivity contribution >= 4 is 44.7 Å². The van der Waals surface area contributed by atoms with E-state index < -0.39 is 0 Å². The molecule has 0 aromatic carbocycles. The van der Waals surface area contributed by atoms with E-state index in [1.54, 1.807) is 23.1 Å². The lowest BCUT2D eigenvalue weighted by Crippen LogP contribution is -1.92. The molecule has 102 valence electrons. The van der Waals surface area contributed by atoms with E-state index >= 15 is 0 Å². The van der Waals surface area contributed by atoms with E-state index in [2.05, 4.69) is 20.3 Å². The number of thiazole rings is 1. The van der Waals surface area contributed by atoms with Crippen LogP contribution in [0.1, 0.15) is 28.4 Å². The lowest BCUT2D eigenvalue weighted by molar-refractivity contribution is 0.914. The van der Waals surface area contributed by atoms with E-state index in [9.17, 15) is 0 Å². The number of rotatable bonds is 2. The van der Waals surface area contributed by atoms with Crippen molar-refractivity contribution in [1.29, 1.82) is 0 Å². The predicted molar refractivity (Wildman–Crippen MR) is 85.2 cm³/mol. The number of nitrogens with zero attached hydrogens (tertiary/aromatic N) is 3. The van der Waals surface area contributed by atoms with E-state index in [0.29, 0.717) is 0 Å². The van der Waals surface area contributed by atoms with Crippen LogP contribution in [0, 0.1) is 13.8 Å². The average molecular weight is 319 g/mol. The molecule has 0 spiro atoms. The van der Waals surface area contributed by atoms with Crippen LogP contribution in [-0.2, 0) is 12.8 Å². The monoisotopic (exact) mass is 319 g/mol. The Morgan fingerprint density at radius 1 is 1.15 bits per heavy atom. The molecule has 0 saturated heterocycles. The van der Waals surface area contributed by atoms with Crippen molar-refractivity contribution in [3.63, 3.8) is 0 Å². The lowest BCUT2D eigenvalue weighted by atomic mass is 10.2. The summed E-state index contributed by atoms with van der Waals surface area (Å²) in [6, 6.07) is 0. The quantitative estimate of drug-likeness (QED) is 0.656. The predicted octanol–water partition coefficient (Wildman–Crippen LogP) is 4.40. The minimum Gasteiger partial charge on any atom is -0.235 e. The van der Waals surface area contributed by atoms with Gasteiger partial charge in [0.05, 0.1) is 0 Å². The molecule has 0 radical (unpaired) electrons. The van der Waals surface area contributed by atoms with Crippen molar-refractivity contribution in [2.75, 3.05) is 0 Å². The standard InChI is InChI=1S/C14H13N3S3/c1-7-6-18-14(15-7)20-13-11-9-4-3-5-10(9)19-12(11)16-8(2)17-13/h6H,3-5H2,1-2H3. The Bertz CT molecular complexity index is 803. The number of hydrogen-bond donors (Lipinski definition) is 0. The van der Waals surface area contributed by atoms with Crippen molar-refractivity contribution in [2.45, 2.75) is 42.5 Å². The van der Waals surface area contributed by atoms with Gasteiger partial charge in [-0.25, -0.2) is 15.0 Å². The van der Waals surface area contributed by atoms with Crippen LogP contribution >= 0.6 is 34.4 Å². The van der Waals surface area contributed by atoms with Gasteiger partial charge in [-0.1, -0.05) is 0 Å². The zero-order valence-electron chi connectivity index (χ0n) is 11.3. The van der Waals surface area contributed by atoms with Gasteiger partial charge in [-0.2, -0.15) is 0 Å². The van der Waals surface area contributed by atoms with E-state index in [1.807, 2.05) is 25.2 Å². The summed E-state index contributed by atoms with van der Waals surface area (Å²) in [4.78, 5) is 16.5. The fourth-order valence-corrected chi connectivity index (χ4v) is 5.92. The van der Waals surface area contributed by atoms with Crippen LogP contribution in [0.3, 0.4) is 0 Å². The molecule has 3 aromatic heterocycles. The van der Waals surface area contributed by atoms with Crippen LogP contribution < -0.4 is 0 Å². The van der Waals surface area contributed by atoms with Crippen LogP contribution in [0.2, 0.25) is 0 Å². The SMILES string of the molecule is Cc1csc(Sc2nc(C)nc3sc4c(c23)CCC4)n1. The van der Waals surface area contributed by atoms with Crippen LogP contribution in [0.5, 0.6) is 0 Å². The van der Waals surface area contributed by atoms with Crippen LogP contribution in [0.25, 0.3) is 10.2 Å². The Balaban J connectivity index is 1.88. The van der Waals surface area contributed by atoms with Gasteiger partial charge in [0.2, 0.25) is 0 Å². The number of aromatic nitrogens is 3. The maximum atomic E-state index is 4.68. The Labute approximate surface area is 129 Å². The summed E-state index contributed by atoms with van der Waals surface area (Å²) in [6.07, 6.45) is 3.65. The van der Waals surface area contributed by atoms with Crippen molar-refractivity contribution in [3.05, 3.63) is 27.3 Å². The summed E-state index contributed by atoms with van der Waals surface area (Å²) in [6.45, 7) is 4.01. The number of aryl methyl sites for hydroxylation is 4. The summed E-state index contributed by atoms with van der Waals surface area (Å²) in [5, 5.41) is 4.46. The van der Waals surface area contributed by atoms with Crippen molar-refractivity contribution in [2.24, 2.45) is 0 Å². The summed E-state index contributed by atoms with van der Waals surface area (Å²) in [5.41, 5.74) is 2.57. The molecule has 1 aliphatic carbocycles. The summed E-state index contributed by atoms with van der Waals surface area (Å²) in [7, 11) is 0. The highest BCUT2D eigenvalue weighted by molar-refractivity contribution is 8.01. The molecule has 1 aliphatic rings. The highest BCUT2D eigenvalue weighted by Gasteiger charge is 2.22. The van der Waals surface area contributed by atoms with Crippen LogP contribution in [0.4, 0.5) is 0 Å². The van der Waals surface area contributed by atoms with E-state index in [4.69, 9.17) is 0 Å².